The van der Waals surface area contributed by atoms with Crippen LogP contribution < -0.4 is 10.6 Å². The second-order valence-electron chi connectivity index (χ2n) is 11.0. The topological polar surface area (TPSA) is 101 Å². The van der Waals surface area contributed by atoms with Crippen LogP contribution in [0.25, 0.3) is 11.3 Å². The van der Waals surface area contributed by atoms with E-state index in [9.17, 15) is 39.6 Å². The summed E-state index contributed by atoms with van der Waals surface area (Å²) in [6.07, 6.45) is -2.22. The van der Waals surface area contributed by atoms with E-state index in [1.54, 1.807) is 24.5 Å². The van der Waals surface area contributed by atoms with Gasteiger partial charge in [-0.05, 0) is 72.6 Å². The molecule has 0 saturated carbocycles. The lowest BCUT2D eigenvalue weighted by atomic mass is 10.1. The molecule has 242 valence electrons. The number of hydrogen-bond acceptors (Lipinski definition) is 6. The number of halogens is 6. The summed E-state index contributed by atoms with van der Waals surface area (Å²) in [7, 11) is -4.80. The smallest absolute Gasteiger partial charge is 0.366 e. The highest BCUT2D eigenvalue weighted by molar-refractivity contribution is 7.86. The summed E-state index contributed by atoms with van der Waals surface area (Å²) in [5.41, 5.74) is 0.838. The predicted molar refractivity (Wildman–Crippen MR) is 156 cm³/mol. The number of benzene rings is 2. The van der Waals surface area contributed by atoms with Gasteiger partial charge in [-0.2, -0.15) is 21.6 Å². The molecule has 0 spiro atoms. The highest BCUT2D eigenvalue weighted by Crippen LogP contribution is 2.43. The molecule has 1 aliphatic rings. The minimum atomic E-state index is -4.80. The molecule has 2 aromatic carbocycles. The molecule has 2 N–H and O–H groups in total. The van der Waals surface area contributed by atoms with Crippen molar-refractivity contribution in [2.75, 3.05) is 11.9 Å². The van der Waals surface area contributed by atoms with Gasteiger partial charge in [-0.15, -0.1) is 3.89 Å². The maximum Gasteiger partial charge on any atom is 0.432 e. The molecule has 1 unspecified atom stereocenters. The van der Waals surface area contributed by atoms with Gasteiger partial charge in [0.25, 0.3) is 0 Å². The fraction of sp³-hybridized carbons (Fsp3) is 0.258. The van der Waals surface area contributed by atoms with Crippen molar-refractivity contribution in [1.29, 1.82) is 0 Å². The zero-order valence-corrected chi connectivity index (χ0v) is 25.0. The zero-order valence-electron chi connectivity index (χ0n) is 24.2. The van der Waals surface area contributed by atoms with E-state index in [1.807, 2.05) is 0 Å². The van der Waals surface area contributed by atoms with Gasteiger partial charge < -0.3 is 10.6 Å². The number of quaternary nitrogens is 1. The number of amides is 2. The lowest BCUT2D eigenvalue weighted by Gasteiger charge is -2.33. The lowest BCUT2D eigenvalue weighted by molar-refractivity contribution is -0.738. The molecule has 15 heteroatoms. The van der Waals surface area contributed by atoms with Gasteiger partial charge in [0.2, 0.25) is 0 Å². The molecule has 2 aromatic heterocycles. The third kappa shape index (κ3) is 6.70. The van der Waals surface area contributed by atoms with Crippen LogP contribution in [-0.2, 0) is 29.3 Å². The highest BCUT2D eigenvalue weighted by Gasteiger charge is 2.66. The molecule has 5 rings (SSSR count). The van der Waals surface area contributed by atoms with Gasteiger partial charge in [-0.3, -0.25) is 4.98 Å². The van der Waals surface area contributed by atoms with Crippen LogP contribution in [0.15, 0.2) is 90.1 Å². The van der Waals surface area contributed by atoms with Gasteiger partial charge in [0.05, 0.1) is 17.7 Å². The first-order valence-corrected chi connectivity index (χ1v) is 15.4. The van der Waals surface area contributed by atoms with Crippen molar-refractivity contribution < 1.29 is 43.4 Å². The van der Waals surface area contributed by atoms with Crippen molar-refractivity contribution >= 4 is 21.9 Å². The monoisotopic (exact) mass is 664 g/mol. The van der Waals surface area contributed by atoms with Crippen LogP contribution in [0.5, 0.6) is 0 Å². The first kappa shape index (κ1) is 32.9. The summed E-state index contributed by atoms with van der Waals surface area (Å²) < 4.78 is 108. The number of carbonyl (C=O) groups is 1. The van der Waals surface area contributed by atoms with Crippen LogP contribution >= 0.6 is 0 Å². The van der Waals surface area contributed by atoms with E-state index >= 15 is 0 Å². The molecular weight excluding hydrogens is 636 g/mol. The van der Waals surface area contributed by atoms with Crippen LogP contribution in [0.3, 0.4) is 0 Å². The molecule has 2 amide bonds. The molecule has 3 heterocycles. The number of sulfonamides is 1. The minimum absolute atomic E-state index is 0.234. The van der Waals surface area contributed by atoms with Crippen LogP contribution in [0, 0.1) is 5.82 Å². The van der Waals surface area contributed by atoms with Crippen molar-refractivity contribution in [2.24, 2.45) is 0 Å². The number of hydrogen-bond donors (Lipinski definition) is 2. The Balaban J connectivity index is 1.47. The largest absolute Gasteiger partial charge is 0.432 e. The van der Waals surface area contributed by atoms with E-state index in [0.717, 1.165) is 42.0 Å². The molecule has 0 aliphatic carbocycles. The zero-order chi connectivity index (χ0) is 33.3. The summed E-state index contributed by atoms with van der Waals surface area (Å²) >= 11 is 0. The average Bonchev–Trinajstić information content (AvgIpc) is 3.28. The minimum Gasteiger partial charge on any atom is -0.366 e. The van der Waals surface area contributed by atoms with Crippen LogP contribution in [0.2, 0.25) is 0 Å². The summed E-state index contributed by atoms with van der Waals surface area (Å²) in [6.45, 7) is -0.165. The second-order valence-corrected chi connectivity index (χ2v) is 13.1. The molecule has 0 bridgehead atoms. The fourth-order valence-corrected chi connectivity index (χ4v) is 7.45. The van der Waals surface area contributed by atoms with Gasteiger partial charge >= 0.3 is 28.2 Å². The summed E-state index contributed by atoms with van der Waals surface area (Å²) in [4.78, 5) is 21.8. The Kier molecular flexibility index (Phi) is 8.84. The molecule has 1 saturated heterocycles. The molecule has 1 fully saturated rings. The number of nitrogens with one attached hydrogen (secondary N) is 2. The van der Waals surface area contributed by atoms with Crippen molar-refractivity contribution in [2.45, 2.75) is 49.5 Å². The summed E-state index contributed by atoms with van der Waals surface area (Å²) in [5.74, 6) is -3.96. The van der Waals surface area contributed by atoms with Crippen LogP contribution in [0.4, 0.5) is 37.0 Å². The van der Waals surface area contributed by atoms with E-state index in [2.05, 4.69) is 20.6 Å². The fourth-order valence-electron chi connectivity index (χ4n) is 5.41. The van der Waals surface area contributed by atoms with Gasteiger partial charge in [0.1, 0.15) is 22.6 Å². The van der Waals surface area contributed by atoms with E-state index in [0.29, 0.717) is 11.1 Å². The maximum absolute atomic E-state index is 14.7. The Morgan fingerprint density at radius 1 is 1.00 bits per heavy atom. The Hall–Kier alpha value is -4.50. The highest BCUT2D eigenvalue weighted by atomic mass is 32.2. The van der Waals surface area contributed by atoms with Crippen molar-refractivity contribution in [3.05, 3.63) is 108 Å². The molecule has 2 atom stereocenters. The number of alkyl halides is 5. The van der Waals surface area contributed by atoms with Crippen LogP contribution in [0.1, 0.15) is 30.0 Å². The Morgan fingerprint density at radius 3 is 2.28 bits per heavy atom. The number of likely N-dealkylation sites (tertiary alicyclic amines) is 1. The Labute approximate surface area is 260 Å². The van der Waals surface area contributed by atoms with E-state index in [-0.39, 0.29) is 24.6 Å². The number of anilines is 1. The number of rotatable bonds is 8. The standard InChI is InChI=1S/C31H27F6N5O3S/c1-20-15-30(33,34)19-42(20,46(44,45)26-10-8-25(32)9-11-26)29(43)40-18-22-13-27(23-4-6-24(7-5-23)31(35,36)37)41-28(14-22)39-17-21-3-2-12-38-16-21/h2-14,16,20H,15,17-19H2,1H3,(H-,39,40,41,43)/p+1/t20-,42?/m1/s1. The first-order chi connectivity index (χ1) is 21.6. The summed E-state index contributed by atoms with van der Waals surface area (Å²) in [5, 5.41) is 5.57. The average molecular weight is 665 g/mol. The molecular formula is C31H28F6N5O3S+. The number of carbonyl (C=O) groups excluding carboxylic acids is 1. The molecule has 8 nitrogen and oxygen atoms in total. The third-order valence-corrected chi connectivity index (χ3v) is 10.1. The van der Waals surface area contributed by atoms with Crippen molar-refractivity contribution in [3.8, 4) is 11.3 Å². The SMILES string of the molecule is C[C@@H]1CC(F)(F)C[N+]1(C(=O)NCc1cc(NCc2cccnc2)nc(-c2ccc(C(F)(F)F)cc2)c1)S(=O)(=O)c1ccc(F)cc1. The summed E-state index contributed by atoms with van der Waals surface area (Å²) in [6, 6.07) is 11.8. The van der Waals surface area contributed by atoms with E-state index in [4.69, 9.17) is 0 Å². The van der Waals surface area contributed by atoms with Crippen molar-refractivity contribution in [3.63, 3.8) is 0 Å². The number of aromatic nitrogens is 2. The first-order valence-electron chi connectivity index (χ1n) is 14.0. The number of nitrogens with zero attached hydrogens (tertiary/aromatic N) is 3. The van der Waals surface area contributed by atoms with Gasteiger partial charge in [-0.1, -0.05) is 18.2 Å². The van der Waals surface area contributed by atoms with Gasteiger partial charge in [0, 0.05) is 31.0 Å². The van der Waals surface area contributed by atoms with Crippen LogP contribution in [-0.4, -0.2) is 46.8 Å². The molecule has 46 heavy (non-hydrogen) atoms. The third-order valence-electron chi connectivity index (χ3n) is 7.69. The molecule has 1 aliphatic heterocycles. The molecule has 4 aromatic rings. The van der Waals surface area contributed by atoms with E-state index < -0.39 is 67.3 Å². The lowest BCUT2D eigenvalue weighted by Crippen LogP contribution is -2.62. The Morgan fingerprint density at radius 2 is 1.70 bits per heavy atom. The Bertz CT molecular complexity index is 1820. The predicted octanol–water partition coefficient (Wildman–Crippen LogP) is 6.76. The van der Waals surface area contributed by atoms with E-state index in [1.165, 1.54) is 31.2 Å². The number of pyridine rings is 2. The van der Waals surface area contributed by atoms with Gasteiger partial charge in [-0.25, -0.2) is 22.9 Å². The van der Waals surface area contributed by atoms with Gasteiger partial charge in [0.15, 0.2) is 6.54 Å². The van der Waals surface area contributed by atoms with Crippen molar-refractivity contribution in [1.82, 2.24) is 15.3 Å². The maximum atomic E-state index is 14.7. The molecule has 0 radical (unpaired) electrons. The quantitative estimate of drug-likeness (QED) is 0.160. The normalized spacial score (nSPS) is 19.5. The second kappa shape index (κ2) is 12.4. The number of urea groups is 1.